The Bertz CT molecular complexity index is 894. The average molecular weight is 437 g/mol. The van der Waals surface area contributed by atoms with Gasteiger partial charge in [0.25, 0.3) is 0 Å². The Morgan fingerprint density at radius 1 is 0.969 bits per heavy atom. The summed E-state index contributed by atoms with van der Waals surface area (Å²) in [4.78, 5) is 27.8. The summed E-state index contributed by atoms with van der Waals surface area (Å²) in [6.07, 6.45) is 1.04. The van der Waals surface area contributed by atoms with Gasteiger partial charge >= 0.3 is 0 Å². The van der Waals surface area contributed by atoms with E-state index in [2.05, 4.69) is 64.2 Å². The highest BCUT2D eigenvalue weighted by molar-refractivity contribution is 5.87. The van der Waals surface area contributed by atoms with Crippen molar-refractivity contribution in [3.05, 3.63) is 70.8 Å². The number of amides is 2. The van der Waals surface area contributed by atoms with Crippen molar-refractivity contribution >= 4 is 11.8 Å². The molecule has 0 fully saturated rings. The van der Waals surface area contributed by atoms with Crippen LogP contribution >= 0.6 is 0 Å². The van der Waals surface area contributed by atoms with Gasteiger partial charge in [0.1, 0.15) is 6.04 Å². The van der Waals surface area contributed by atoms with E-state index >= 15 is 0 Å². The number of carbonyl (C=O) groups is 2. The zero-order valence-corrected chi connectivity index (χ0v) is 20.9. The maximum absolute atomic E-state index is 13.3. The molecule has 32 heavy (non-hydrogen) atoms. The molecule has 2 amide bonds. The molecule has 0 heterocycles. The smallest absolute Gasteiger partial charge is 0.242 e. The van der Waals surface area contributed by atoms with Gasteiger partial charge in [-0.15, -0.1) is 0 Å². The van der Waals surface area contributed by atoms with Crippen molar-refractivity contribution in [1.82, 2.24) is 10.2 Å². The molecular weight excluding hydrogens is 396 g/mol. The predicted octanol–water partition coefficient (Wildman–Crippen LogP) is 5.41. The fourth-order valence-electron chi connectivity index (χ4n) is 3.57. The number of benzene rings is 2. The van der Waals surface area contributed by atoms with Gasteiger partial charge in [0.15, 0.2) is 0 Å². The third-order valence-corrected chi connectivity index (χ3v) is 5.90. The van der Waals surface area contributed by atoms with Crippen LogP contribution in [0.2, 0.25) is 0 Å². The minimum absolute atomic E-state index is 0.000322. The van der Waals surface area contributed by atoms with E-state index in [1.54, 1.807) is 4.90 Å². The van der Waals surface area contributed by atoms with E-state index in [4.69, 9.17) is 0 Å². The van der Waals surface area contributed by atoms with Crippen LogP contribution in [-0.2, 0) is 28.0 Å². The fourth-order valence-corrected chi connectivity index (χ4v) is 3.57. The molecule has 1 atom stereocenters. The van der Waals surface area contributed by atoms with E-state index in [0.717, 1.165) is 16.7 Å². The Hall–Kier alpha value is -2.62. The molecule has 174 valence electrons. The second-order valence-corrected chi connectivity index (χ2v) is 10.2. The highest BCUT2D eigenvalue weighted by atomic mass is 16.2. The van der Waals surface area contributed by atoms with Crippen LogP contribution in [0.5, 0.6) is 0 Å². The Balaban J connectivity index is 2.13. The van der Waals surface area contributed by atoms with E-state index in [0.29, 0.717) is 31.8 Å². The summed E-state index contributed by atoms with van der Waals surface area (Å²) in [6.45, 7) is 15.6. The van der Waals surface area contributed by atoms with Gasteiger partial charge in [-0.3, -0.25) is 9.59 Å². The van der Waals surface area contributed by atoms with E-state index in [1.807, 2.05) is 38.1 Å². The number of rotatable bonds is 9. The topological polar surface area (TPSA) is 49.4 Å². The first-order valence-electron chi connectivity index (χ1n) is 11.7. The number of aryl methyl sites for hydroxylation is 2. The van der Waals surface area contributed by atoms with Crippen LogP contribution in [0.1, 0.15) is 70.2 Å². The number of hydrogen-bond donors (Lipinski definition) is 1. The van der Waals surface area contributed by atoms with Crippen molar-refractivity contribution in [1.29, 1.82) is 0 Å². The molecule has 0 bridgehead atoms. The van der Waals surface area contributed by atoms with Crippen LogP contribution in [0.4, 0.5) is 0 Å². The second-order valence-electron chi connectivity index (χ2n) is 10.2. The Kier molecular flexibility index (Phi) is 9.06. The molecule has 0 saturated heterocycles. The molecule has 0 saturated carbocycles. The number of carbonyl (C=O) groups excluding carboxylic acids is 2. The summed E-state index contributed by atoms with van der Waals surface area (Å²) >= 11 is 0. The van der Waals surface area contributed by atoms with Crippen LogP contribution in [0.15, 0.2) is 48.5 Å². The molecule has 0 aliphatic heterocycles. The second kappa shape index (κ2) is 11.3. The van der Waals surface area contributed by atoms with Crippen LogP contribution in [0.25, 0.3) is 0 Å². The monoisotopic (exact) mass is 436 g/mol. The van der Waals surface area contributed by atoms with E-state index in [1.165, 1.54) is 5.56 Å². The highest BCUT2D eigenvalue weighted by Crippen LogP contribution is 2.23. The van der Waals surface area contributed by atoms with Gasteiger partial charge in [0.05, 0.1) is 0 Å². The summed E-state index contributed by atoms with van der Waals surface area (Å²) in [5, 5.41) is 2.98. The maximum atomic E-state index is 13.3. The normalized spacial score (nSPS) is 12.5. The van der Waals surface area contributed by atoms with Gasteiger partial charge < -0.3 is 10.2 Å². The first-order valence-corrected chi connectivity index (χ1v) is 11.7. The van der Waals surface area contributed by atoms with Gasteiger partial charge in [0, 0.05) is 19.5 Å². The molecule has 2 rings (SSSR count). The summed E-state index contributed by atoms with van der Waals surface area (Å²) < 4.78 is 0. The molecular formula is C28H40N2O2. The van der Waals surface area contributed by atoms with Crippen molar-refractivity contribution in [2.75, 3.05) is 6.54 Å². The summed E-state index contributed by atoms with van der Waals surface area (Å²) in [7, 11) is 0. The summed E-state index contributed by atoms with van der Waals surface area (Å²) in [5.74, 6) is 0.262. The minimum atomic E-state index is -0.524. The molecule has 4 heteroatoms. The summed E-state index contributed by atoms with van der Waals surface area (Å²) in [6, 6.07) is 16.0. The van der Waals surface area contributed by atoms with Gasteiger partial charge in [-0.2, -0.15) is 0 Å². The average Bonchev–Trinajstić information content (AvgIpc) is 2.74. The van der Waals surface area contributed by atoms with E-state index in [-0.39, 0.29) is 17.2 Å². The first-order chi connectivity index (χ1) is 15.0. The lowest BCUT2D eigenvalue weighted by atomic mass is 9.86. The zero-order valence-electron chi connectivity index (χ0n) is 20.9. The fraction of sp³-hybridized carbons (Fsp3) is 0.500. The standard InChI is InChI=1S/C28H40N2O2/c1-20(2)18-29-27(32)22(4)30(19-24-11-9-8-10-21(24)3)26(31)17-14-23-12-15-25(16-13-23)28(5,6)7/h8-13,15-16,20,22H,14,17-19H2,1-7H3,(H,29,32). The molecule has 1 N–H and O–H groups in total. The quantitative estimate of drug-likeness (QED) is 0.571. The van der Waals surface area contributed by atoms with Crippen molar-refractivity contribution in [2.24, 2.45) is 5.92 Å². The SMILES string of the molecule is Cc1ccccc1CN(C(=O)CCc1ccc(C(C)(C)C)cc1)C(C)C(=O)NCC(C)C. The van der Waals surface area contributed by atoms with Crippen molar-refractivity contribution in [3.8, 4) is 0 Å². The number of nitrogens with zero attached hydrogens (tertiary/aromatic N) is 1. The molecule has 1 unspecified atom stereocenters. The third kappa shape index (κ3) is 7.51. The Labute approximate surface area is 194 Å². The lowest BCUT2D eigenvalue weighted by Crippen LogP contribution is -2.48. The van der Waals surface area contributed by atoms with Crippen molar-refractivity contribution < 1.29 is 9.59 Å². The summed E-state index contributed by atoms with van der Waals surface area (Å²) in [5.41, 5.74) is 4.72. The molecule has 2 aromatic carbocycles. The predicted molar refractivity (Wildman–Crippen MR) is 133 cm³/mol. The maximum Gasteiger partial charge on any atom is 0.242 e. The van der Waals surface area contributed by atoms with E-state index in [9.17, 15) is 9.59 Å². The highest BCUT2D eigenvalue weighted by Gasteiger charge is 2.26. The molecule has 0 spiro atoms. The molecule has 0 aliphatic carbocycles. The Morgan fingerprint density at radius 2 is 1.59 bits per heavy atom. The van der Waals surface area contributed by atoms with Gasteiger partial charge in [-0.1, -0.05) is 83.1 Å². The lowest BCUT2D eigenvalue weighted by Gasteiger charge is -2.29. The molecule has 0 radical (unpaired) electrons. The van der Waals surface area contributed by atoms with Crippen LogP contribution in [0.3, 0.4) is 0 Å². The number of hydrogen-bond acceptors (Lipinski definition) is 2. The molecule has 0 aliphatic rings. The van der Waals surface area contributed by atoms with Gasteiger partial charge in [0.2, 0.25) is 11.8 Å². The minimum Gasteiger partial charge on any atom is -0.354 e. The molecule has 2 aromatic rings. The lowest BCUT2D eigenvalue weighted by molar-refractivity contribution is -0.140. The molecule has 0 aromatic heterocycles. The Morgan fingerprint density at radius 3 is 2.16 bits per heavy atom. The van der Waals surface area contributed by atoms with Gasteiger partial charge in [-0.25, -0.2) is 0 Å². The largest absolute Gasteiger partial charge is 0.354 e. The van der Waals surface area contributed by atoms with Crippen LogP contribution < -0.4 is 5.32 Å². The van der Waals surface area contributed by atoms with E-state index < -0.39 is 6.04 Å². The zero-order chi connectivity index (χ0) is 23.9. The number of nitrogens with one attached hydrogen (secondary N) is 1. The van der Waals surface area contributed by atoms with Crippen LogP contribution in [-0.4, -0.2) is 29.3 Å². The molecule has 4 nitrogen and oxygen atoms in total. The third-order valence-electron chi connectivity index (χ3n) is 5.90. The van der Waals surface area contributed by atoms with Crippen molar-refractivity contribution in [3.63, 3.8) is 0 Å². The van der Waals surface area contributed by atoms with Crippen LogP contribution in [0, 0.1) is 12.8 Å². The van der Waals surface area contributed by atoms with Gasteiger partial charge in [-0.05, 0) is 53.9 Å². The first kappa shape index (κ1) is 25.6. The van der Waals surface area contributed by atoms with Crippen molar-refractivity contribution in [2.45, 2.75) is 79.3 Å².